The van der Waals surface area contributed by atoms with Crippen LogP contribution in [0.1, 0.15) is 35.7 Å². The van der Waals surface area contributed by atoms with Gasteiger partial charge in [-0.05, 0) is 23.8 Å². The number of likely N-dealkylation sites (tertiary alicyclic amines) is 1. The van der Waals surface area contributed by atoms with Crippen molar-refractivity contribution in [2.75, 3.05) is 26.2 Å². The quantitative estimate of drug-likeness (QED) is 0.731. The molecular formula is C23H27ClN2O4. The summed E-state index contributed by atoms with van der Waals surface area (Å²) in [7, 11) is 0. The third-order valence-corrected chi connectivity index (χ3v) is 5.46. The molecule has 2 aromatic rings. The minimum absolute atomic E-state index is 0.0661. The van der Waals surface area contributed by atoms with Crippen molar-refractivity contribution in [1.29, 1.82) is 0 Å². The van der Waals surface area contributed by atoms with E-state index in [-0.39, 0.29) is 31.1 Å². The second-order valence-corrected chi connectivity index (χ2v) is 7.84. The Balaban J connectivity index is 1.77. The number of aliphatic hydroxyl groups excluding tert-OH is 1. The molecular weight excluding hydrogens is 404 g/mol. The number of rotatable bonds is 7. The van der Waals surface area contributed by atoms with Crippen LogP contribution in [0.15, 0.2) is 48.5 Å². The molecule has 30 heavy (non-hydrogen) atoms. The topological polar surface area (TPSA) is 70.1 Å². The zero-order valence-corrected chi connectivity index (χ0v) is 17.8. The van der Waals surface area contributed by atoms with Gasteiger partial charge in [0.1, 0.15) is 11.9 Å². The molecule has 1 heterocycles. The molecule has 0 aliphatic carbocycles. The summed E-state index contributed by atoms with van der Waals surface area (Å²) < 4.78 is 6.16. The molecule has 0 spiro atoms. The van der Waals surface area contributed by atoms with Crippen LogP contribution in [-0.2, 0) is 11.3 Å². The number of halogens is 1. The van der Waals surface area contributed by atoms with Gasteiger partial charge in [-0.3, -0.25) is 9.59 Å². The first-order chi connectivity index (χ1) is 14.5. The minimum atomic E-state index is -0.244. The van der Waals surface area contributed by atoms with Crippen LogP contribution in [0, 0.1) is 0 Å². The van der Waals surface area contributed by atoms with Crippen LogP contribution in [-0.4, -0.2) is 59.1 Å². The number of carbonyl (C=O) groups is 2. The average Bonchev–Trinajstić information content (AvgIpc) is 2.75. The van der Waals surface area contributed by atoms with Gasteiger partial charge in [0.15, 0.2) is 0 Å². The third-order valence-electron chi connectivity index (χ3n) is 5.23. The van der Waals surface area contributed by atoms with Gasteiger partial charge >= 0.3 is 0 Å². The normalized spacial score (nSPS) is 14.4. The second kappa shape index (κ2) is 10.5. The van der Waals surface area contributed by atoms with Gasteiger partial charge in [0.2, 0.25) is 5.91 Å². The highest BCUT2D eigenvalue weighted by Crippen LogP contribution is 2.28. The molecule has 1 N–H and O–H groups in total. The molecule has 1 aliphatic rings. The standard InChI is InChI=1S/C23H27ClN2O4/c1-17(28)25-11-9-20(10-12-25)30-22-8-7-19(24)15-21(22)23(29)26(13-14-27)16-18-5-3-2-4-6-18/h2-8,15,20,27H,9-14,16H2,1H3. The van der Waals surface area contributed by atoms with Crippen LogP contribution in [0.25, 0.3) is 0 Å². The molecule has 0 atom stereocenters. The van der Waals surface area contributed by atoms with Gasteiger partial charge in [-0.25, -0.2) is 0 Å². The maximum Gasteiger partial charge on any atom is 0.258 e. The Morgan fingerprint density at radius 2 is 1.87 bits per heavy atom. The number of ether oxygens (including phenoxy) is 1. The maximum atomic E-state index is 13.3. The van der Waals surface area contributed by atoms with Crippen molar-refractivity contribution < 1.29 is 19.4 Å². The van der Waals surface area contributed by atoms with E-state index in [4.69, 9.17) is 16.3 Å². The molecule has 0 unspecified atom stereocenters. The summed E-state index contributed by atoms with van der Waals surface area (Å²) in [6.45, 7) is 3.29. The van der Waals surface area contributed by atoms with E-state index in [1.165, 1.54) is 0 Å². The van der Waals surface area contributed by atoms with Gasteiger partial charge < -0.3 is 19.6 Å². The average molecular weight is 431 g/mol. The molecule has 1 saturated heterocycles. The largest absolute Gasteiger partial charge is 0.489 e. The number of amides is 2. The molecule has 6 nitrogen and oxygen atoms in total. The van der Waals surface area contributed by atoms with Crippen molar-refractivity contribution in [1.82, 2.24) is 9.80 Å². The number of carbonyl (C=O) groups excluding carboxylic acids is 2. The van der Waals surface area contributed by atoms with Gasteiger partial charge in [-0.1, -0.05) is 41.9 Å². The van der Waals surface area contributed by atoms with Gasteiger partial charge in [-0.2, -0.15) is 0 Å². The van der Waals surface area contributed by atoms with Gasteiger partial charge in [0.05, 0.1) is 12.2 Å². The molecule has 0 radical (unpaired) electrons. The number of hydrogen-bond acceptors (Lipinski definition) is 4. The Kier molecular flexibility index (Phi) is 7.71. The number of hydrogen-bond donors (Lipinski definition) is 1. The van der Waals surface area contributed by atoms with E-state index in [2.05, 4.69) is 0 Å². The number of nitrogens with zero attached hydrogens (tertiary/aromatic N) is 2. The van der Waals surface area contributed by atoms with Gasteiger partial charge in [0, 0.05) is 51.0 Å². The molecule has 0 aromatic heterocycles. The molecule has 7 heteroatoms. The summed E-state index contributed by atoms with van der Waals surface area (Å²) in [4.78, 5) is 28.2. The fourth-order valence-corrected chi connectivity index (χ4v) is 3.76. The predicted molar refractivity (Wildman–Crippen MR) is 116 cm³/mol. The highest BCUT2D eigenvalue weighted by atomic mass is 35.5. The first-order valence-electron chi connectivity index (χ1n) is 10.1. The van der Waals surface area contributed by atoms with Gasteiger partial charge in [0.25, 0.3) is 5.91 Å². The van der Waals surface area contributed by atoms with Crippen LogP contribution in [0.2, 0.25) is 5.02 Å². The molecule has 2 amide bonds. The van der Waals surface area contributed by atoms with E-state index in [0.717, 1.165) is 5.56 Å². The van der Waals surface area contributed by atoms with Crippen LogP contribution >= 0.6 is 11.6 Å². The molecule has 160 valence electrons. The number of benzene rings is 2. The van der Waals surface area contributed by atoms with Crippen LogP contribution in [0.3, 0.4) is 0 Å². The van der Waals surface area contributed by atoms with Crippen LogP contribution in [0.5, 0.6) is 5.75 Å². The maximum absolute atomic E-state index is 13.3. The van der Waals surface area contributed by atoms with Crippen molar-refractivity contribution in [2.45, 2.75) is 32.4 Å². The summed E-state index contributed by atoms with van der Waals surface area (Å²) in [5, 5.41) is 9.93. The summed E-state index contributed by atoms with van der Waals surface area (Å²) in [5.41, 5.74) is 1.35. The lowest BCUT2D eigenvalue weighted by Crippen LogP contribution is -2.41. The van der Waals surface area contributed by atoms with E-state index >= 15 is 0 Å². The molecule has 0 bridgehead atoms. The third kappa shape index (κ3) is 5.74. The summed E-state index contributed by atoms with van der Waals surface area (Å²) in [6.07, 6.45) is 1.34. The van der Waals surface area contributed by atoms with E-state index in [0.29, 0.717) is 48.8 Å². The fraction of sp³-hybridized carbons (Fsp3) is 0.391. The van der Waals surface area contributed by atoms with Crippen LogP contribution in [0.4, 0.5) is 0 Å². The molecule has 1 aliphatic heterocycles. The van der Waals surface area contributed by atoms with Crippen molar-refractivity contribution >= 4 is 23.4 Å². The Hall–Kier alpha value is -2.57. The second-order valence-electron chi connectivity index (χ2n) is 7.40. The van der Waals surface area contributed by atoms with E-state index in [1.54, 1.807) is 34.9 Å². The summed E-state index contributed by atoms with van der Waals surface area (Å²) in [6, 6.07) is 14.7. The zero-order chi connectivity index (χ0) is 21.5. The Morgan fingerprint density at radius 1 is 1.17 bits per heavy atom. The van der Waals surface area contributed by atoms with Crippen molar-refractivity contribution in [3.05, 3.63) is 64.7 Å². The van der Waals surface area contributed by atoms with E-state index in [9.17, 15) is 14.7 Å². The summed E-state index contributed by atoms with van der Waals surface area (Å²) >= 11 is 6.18. The Bertz CT molecular complexity index is 867. The van der Waals surface area contributed by atoms with E-state index < -0.39 is 0 Å². The lowest BCUT2D eigenvalue weighted by molar-refractivity contribution is -0.130. The lowest BCUT2D eigenvalue weighted by atomic mass is 10.1. The van der Waals surface area contributed by atoms with Crippen molar-refractivity contribution in [2.24, 2.45) is 0 Å². The van der Waals surface area contributed by atoms with Gasteiger partial charge in [-0.15, -0.1) is 0 Å². The Labute approximate surface area is 182 Å². The lowest BCUT2D eigenvalue weighted by Gasteiger charge is -2.32. The smallest absolute Gasteiger partial charge is 0.258 e. The zero-order valence-electron chi connectivity index (χ0n) is 17.1. The molecule has 2 aromatic carbocycles. The summed E-state index contributed by atoms with van der Waals surface area (Å²) in [5.74, 6) is 0.296. The minimum Gasteiger partial charge on any atom is -0.489 e. The predicted octanol–water partition coefficient (Wildman–Crippen LogP) is 3.36. The molecule has 3 rings (SSSR count). The van der Waals surface area contributed by atoms with Crippen molar-refractivity contribution in [3.8, 4) is 5.75 Å². The van der Waals surface area contributed by atoms with Crippen LogP contribution < -0.4 is 4.74 Å². The first-order valence-corrected chi connectivity index (χ1v) is 10.5. The highest BCUT2D eigenvalue weighted by molar-refractivity contribution is 6.31. The molecule has 0 saturated carbocycles. The first kappa shape index (κ1) is 22.1. The van der Waals surface area contributed by atoms with Crippen molar-refractivity contribution in [3.63, 3.8) is 0 Å². The Morgan fingerprint density at radius 3 is 2.50 bits per heavy atom. The van der Waals surface area contributed by atoms with E-state index in [1.807, 2.05) is 30.3 Å². The monoisotopic (exact) mass is 430 g/mol. The number of piperidine rings is 1. The highest BCUT2D eigenvalue weighted by Gasteiger charge is 2.25. The molecule has 1 fully saturated rings. The fourth-order valence-electron chi connectivity index (χ4n) is 3.59. The number of aliphatic hydroxyl groups is 1. The SMILES string of the molecule is CC(=O)N1CCC(Oc2ccc(Cl)cc2C(=O)N(CCO)Cc2ccccc2)CC1.